The lowest BCUT2D eigenvalue weighted by Gasteiger charge is -1.89. The van der Waals surface area contributed by atoms with Gasteiger partial charge in [-0.15, -0.1) is 0 Å². The fraction of sp³-hybridized carbons (Fsp3) is 0.500. The van der Waals surface area contributed by atoms with Gasteiger partial charge >= 0.3 is 0 Å². The molecule has 0 rings (SSSR count). The summed E-state index contributed by atoms with van der Waals surface area (Å²) in [6.07, 6.45) is 1.17. The van der Waals surface area contributed by atoms with Crippen LogP contribution >= 0.6 is 0 Å². The smallest absolute Gasteiger partial charge is 0.171 e. The second kappa shape index (κ2) is 5.58. The molecule has 0 N–H and O–H groups in total. The van der Waals surface area contributed by atoms with Crippen molar-refractivity contribution in [2.75, 3.05) is 6.61 Å². The third kappa shape index (κ3) is 3.45. The summed E-state index contributed by atoms with van der Waals surface area (Å²) >= 11 is 0. The lowest BCUT2D eigenvalue weighted by Crippen LogP contribution is -1.94. The van der Waals surface area contributed by atoms with E-state index >= 15 is 0 Å². The van der Waals surface area contributed by atoms with Crippen LogP contribution in [0.3, 0.4) is 0 Å². The van der Waals surface area contributed by atoms with E-state index in [4.69, 9.17) is 10.5 Å². The van der Waals surface area contributed by atoms with Crippen LogP contribution < -0.4 is 0 Å². The molecule has 0 spiro atoms. The summed E-state index contributed by atoms with van der Waals surface area (Å²) in [4.78, 5) is 4.53. The highest BCUT2D eigenvalue weighted by Gasteiger charge is 1.97. The molecule has 10 heavy (non-hydrogen) atoms. The summed E-state index contributed by atoms with van der Waals surface area (Å²) in [5.41, 5.74) is 0. The summed E-state index contributed by atoms with van der Waals surface area (Å²) in [7, 11) is 0. The van der Waals surface area contributed by atoms with E-state index in [1.54, 1.807) is 19.1 Å². The van der Waals surface area contributed by atoms with Crippen LogP contribution in [0.2, 0.25) is 0 Å². The van der Waals surface area contributed by atoms with Gasteiger partial charge in [0.1, 0.15) is 6.61 Å². The molecule has 52 valence electrons. The van der Waals surface area contributed by atoms with Crippen molar-refractivity contribution in [3.8, 4) is 12.1 Å². The SMILES string of the molecule is CCON=CC(C#N)C#N. The summed E-state index contributed by atoms with van der Waals surface area (Å²) in [6.45, 7) is 2.21. The molecule has 0 fully saturated rings. The summed E-state index contributed by atoms with van der Waals surface area (Å²) in [5, 5.41) is 19.8. The minimum absolute atomic E-state index is 0.445. The van der Waals surface area contributed by atoms with Gasteiger partial charge in [0, 0.05) is 0 Å². The standard InChI is InChI=1S/C6H7N3O/c1-2-10-9-5-6(3-7)4-8/h5-6H,2H2,1H3. The van der Waals surface area contributed by atoms with Gasteiger partial charge in [0.25, 0.3) is 0 Å². The first-order valence-corrected chi connectivity index (χ1v) is 2.79. The van der Waals surface area contributed by atoms with E-state index in [1.165, 1.54) is 6.21 Å². The van der Waals surface area contributed by atoms with Crippen molar-refractivity contribution in [1.29, 1.82) is 10.5 Å². The first-order chi connectivity index (χ1) is 4.85. The number of hydrogen-bond acceptors (Lipinski definition) is 4. The van der Waals surface area contributed by atoms with Gasteiger partial charge in [-0.1, -0.05) is 5.16 Å². The van der Waals surface area contributed by atoms with E-state index in [0.717, 1.165) is 0 Å². The molecule has 0 unspecified atom stereocenters. The average Bonchev–Trinajstić information content (AvgIpc) is 1.99. The zero-order valence-electron chi connectivity index (χ0n) is 5.61. The van der Waals surface area contributed by atoms with Gasteiger partial charge in [-0.2, -0.15) is 10.5 Å². The molecule has 0 atom stereocenters. The highest BCUT2D eigenvalue weighted by molar-refractivity contribution is 5.66. The number of nitriles is 2. The third-order valence-corrected chi connectivity index (χ3v) is 0.692. The minimum atomic E-state index is -0.799. The summed E-state index contributed by atoms with van der Waals surface area (Å²) in [6, 6.07) is 3.44. The number of oxime groups is 1. The number of rotatable bonds is 3. The van der Waals surface area contributed by atoms with Crippen LogP contribution in [0.1, 0.15) is 6.92 Å². The van der Waals surface area contributed by atoms with E-state index in [9.17, 15) is 0 Å². The molecule has 4 nitrogen and oxygen atoms in total. The van der Waals surface area contributed by atoms with Crippen molar-refractivity contribution >= 4 is 6.21 Å². The third-order valence-electron chi connectivity index (χ3n) is 0.692. The number of nitrogens with zero attached hydrogens (tertiary/aromatic N) is 3. The van der Waals surface area contributed by atoms with E-state index < -0.39 is 5.92 Å². The maximum atomic E-state index is 8.21. The Labute approximate surface area is 59.3 Å². The molecule has 0 aliphatic carbocycles. The second-order valence-corrected chi connectivity index (χ2v) is 1.41. The van der Waals surface area contributed by atoms with Gasteiger partial charge < -0.3 is 4.84 Å². The average molecular weight is 137 g/mol. The predicted octanol–water partition coefficient (Wildman–Crippen LogP) is 0.672. The molecular formula is C6H7N3O. The van der Waals surface area contributed by atoms with Crippen molar-refractivity contribution in [2.24, 2.45) is 11.1 Å². The van der Waals surface area contributed by atoms with Crippen molar-refractivity contribution in [2.45, 2.75) is 6.92 Å². The van der Waals surface area contributed by atoms with E-state index in [-0.39, 0.29) is 0 Å². The monoisotopic (exact) mass is 137 g/mol. The van der Waals surface area contributed by atoms with Gasteiger partial charge in [0.2, 0.25) is 0 Å². The van der Waals surface area contributed by atoms with Gasteiger partial charge in [0.15, 0.2) is 5.92 Å². The Hall–Kier alpha value is -1.55. The van der Waals surface area contributed by atoms with Crippen LogP contribution in [0.5, 0.6) is 0 Å². The zero-order valence-corrected chi connectivity index (χ0v) is 5.61. The normalized spacial score (nSPS) is 9.20. The molecule has 0 saturated heterocycles. The maximum Gasteiger partial charge on any atom is 0.171 e. The van der Waals surface area contributed by atoms with Crippen LogP contribution in [-0.4, -0.2) is 12.8 Å². The number of hydrogen-bond donors (Lipinski definition) is 0. The summed E-state index contributed by atoms with van der Waals surface area (Å²) in [5.74, 6) is -0.799. The maximum absolute atomic E-state index is 8.21. The Morgan fingerprint density at radius 1 is 1.60 bits per heavy atom. The fourth-order valence-electron chi connectivity index (χ4n) is 0.274. The Balaban J connectivity index is 3.67. The van der Waals surface area contributed by atoms with Crippen LogP contribution in [0.25, 0.3) is 0 Å². The minimum Gasteiger partial charge on any atom is -0.396 e. The zero-order chi connectivity index (χ0) is 7.82. The van der Waals surface area contributed by atoms with E-state index in [1.807, 2.05) is 0 Å². The topological polar surface area (TPSA) is 69.2 Å². The first kappa shape index (κ1) is 8.45. The van der Waals surface area contributed by atoms with Gasteiger partial charge in [-0.25, -0.2) is 0 Å². The Morgan fingerprint density at radius 3 is 2.60 bits per heavy atom. The van der Waals surface area contributed by atoms with Crippen molar-refractivity contribution < 1.29 is 4.84 Å². The molecule has 0 heterocycles. The van der Waals surface area contributed by atoms with Gasteiger partial charge in [0.05, 0.1) is 18.4 Å². The molecule has 0 radical (unpaired) electrons. The quantitative estimate of drug-likeness (QED) is 0.424. The fourth-order valence-corrected chi connectivity index (χ4v) is 0.274. The first-order valence-electron chi connectivity index (χ1n) is 2.79. The molecule has 4 heteroatoms. The van der Waals surface area contributed by atoms with E-state index in [2.05, 4.69) is 9.99 Å². The largest absolute Gasteiger partial charge is 0.396 e. The molecule has 0 saturated carbocycles. The van der Waals surface area contributed by atoms with Crippen LogP contribution in [0.15, 0.2) is 5.16 Å². The molecule has 0 aliphatic rings. The Morgan fingerprint density at radius 2 is 2.20 bits per heavy atom. The lowest BCUT2D eigenvalue weighted by atomic mass is 10.2. The van der Waals surface area contributed by atoms with Crippen LogP contribution in [-0.2, 0) is 4.84 Å². The van der Waals surface area contributed by atoms with Gasteiger partial charge in [-0.3, -0.25) is 0 Å². The molecule has 0 aromatic rings. The highest BCUT2D eigenvalue weighted by atomic mass is 16.6. The van der Waals surface area contributed by atoms with Crippen molar-refractivity contribution in [3.63, 3.8) is 0 Å². The molecule has 0 aromatic heterocycles. The van der Waals surface area contributed by atoms with E-state index in [0.29, 0.717) is 6.61 Å². The van der Waals surface area contributed by atoms with Crippen LogP contribution in [0.4, 0.5) is 0 Å². The van der Waals surface area contributed by atoms with Crippen LogP contribution in [0, 0.1) is 28.6 Å². The molecule has 0 amide bonds. The molecule has 0 aliphatic heterocycles. The second-order valence-electron chi connectivity index (χ2n) is 1.41. The summed E-state index contributed by atoms with van der Waals surface area (Å²) < 4.78 is 0. The molecule has 0 aromatic carbocycles. The Kier molecular flexibility index (Phi) is 4.72. The molecule has 0 bridgehead atoms. The van der Waals surface area contributed by atoms with Crippen molar-refractivity contribution in [3.05, 3.63) is 0 Å². The predicted molar refractivity (Wildman–Crippen MR) is 34.8 cm³/mol. The van der Waals surface area contributed by atoms with Crippen molar-refractivity contribution in [1.82, 2.24) is 0 Å². The van der Waals surface area contributed by atoms with Gasteiger partial charge in [-0.05, 0) is 6.92 Å². The highest BCUT2D eigenvalue weighted by Crippen LogP contribution is 1.85. The lowest BCUT2D eigenvalue weighted by molar-refractivity contribution is 0.159. The molecular weight excluding hydrogens is 130 g/mol. The Bertz CT molecular complexity index is 172.